The normalized spacial score (nSPS) is 10.1. The van der Waals surface area contributed by atoms with Gasteiger partial charge in [0.25, 0.3) is 5.56 Å². The predicted octanol–water partition coefficient (Wildman–Crippen LogP) is 1.75. The number of benzene rings is 1. The van der Waals surface area contributed by atoms with Crippen molar-refractivity contribution in [3.63, 3.8) is 0 Å². The minimum atomic E-state index is -0.136. The number of methoxy groups -OCH3 is 1. The van der Waals surface area contributed by atoms with Crippen LogP contribution < -0.4 is 10.3 Å². The molecule has 1 N–H and O–H groups in total. The molecule has 0 radical (unpaired) electrons. The van der Waals surface area contributed by atoms with Crippen molar-refractivity contribution in [2.45, 2.75) is 6.92 Å². The van der Waals surface area contributed by atoms with E-state index >= 15 is 0 Å². The Kier molecular flexibility index (Phi) is 2.72. The topological polar surface area (TPSA) is 55.0 Å². The monoisotopic (exact) mass is 216 g/mol. The summed E-state index contributed by atoms with van der Waals surface area (Å²) < 4.78 is 5.11. The number of ether oxygens (including phenoxy) is 1. The van der Waals surface area contributed by atoms with Crippen LogP contribution in [0.5, 0.6) is 5.75 Å². The van der Waals surface area contributed by atoms with Crippen LogP contribution in [0, 0.1) is 6.92 Å². The van der Waals surface area contributed by atoms with Crippen molar-refractivity contribution in [2.24, 2.45) is 0 Å². The molecule has 2 aromatic rings. The van der Waals surface area contributed by atoms with E-state index in [1.165, 1.54) is 6.33 Å². The van der Waals surface area contributed by atoms with E-state index in [0.29, 0.717) is 5.56 Å². The number of nitrogens with zero attached hydrogens (tertiary/aromatic N) is 1. The standard InChI is InChI=1S/C12H12N2O2/c1-8-5-9(16-2)3-4-10(8)11-6-13-7-14-12(11)15/h3-7H,1-2H3,(H,13,14,15). The summed E-state index contributed by atoms with van der Waals surface area (Å²) in [4.78, 5) is 18.1. The highest BCUT2D eigenvalue weighted by Crippen LogP contribution is 2.23. The molecule has 0 spiro atoms. The third-order valence-corrected chi connectivity index (χ3v) is 2.44. The molecule has 0 atom stereocenters. The lowest BCUT2D eigenvalue weighted by atomic mass is 10.0. The highest BCUT2D eigenvalue weighted by molar-refractivity contribution is 5.66. The molecule has 0 unspecified atom stereocenters. The first kappa shape index (κ1) is 10.4. The third kappa shape index (κ3) is 1.82. The Labute approximate surface area is 92.9 Å². The number of aromatic amines is 1. The first-order valence-corrected chi connectivity index (χ1v) is 4.90. The Balaban J connectivity index is 2.57. The summed E-state index contributed by atoms with van der Waals surface area (Å²) in [5, 5.41) is 0. The molecule has 82 valence electrons. The number of hydrogen-bond acceptors (Lipinski definition) is 3. The van der Waals surface area contributed by atoms with Gasteiger partial charge >= 0.3 is 0 Å². The van der Waals surface area contributed by atoms with Crippen LogP contribution in [0.1, 0.15) is 5.56 Å². The van der Waals surface area contributed by atoms with Gasteiger partial charge in [-0.2, -0.15) is 0 Å². The van der Waals surface area contributed by atoms with E-state index in [1.807, 2.05) is 25.1 Å². The van der Waals surface area contributed by atoms with Gasteiger partial charge < -0.3 is 9.72 Å². The molecule has 2 rings (SSSR count). The predicted molar refractivity (Wildman–Crippen MR) is 61.6 cm³/mol. The Morgan fingerprint density at radius 3 is 2.75 bits per heavy atom. The smallest absolute Gasteiger partial charge is 0.258 e. The van der Waals surface area contributed by atoms with Crippen LogP contribution in [-0.4, -0.2) is 17.1 Å². The van der Waals surface area contributed by atoms with Crippen LogP contribution in [-0.2, 0) is 0 Å². The number of nitrogens with one attached hydrogen (secondary N) is 1. The van der Waals surface area contributed by atoms with Crippen LogP contribution in [0.25, 0.3) is 11.1 Å². The zero-order valence-electron chi connectivity index (χ0n) is 9.15. The van der Waals surface area contributed by atoms with E-state index in [4.69, 9.17) is 4.74 Å². The van der Waals surface area contributed by atoms with Crippen molar-refractivity contribution in [1.29, 1.82) is 0 Å². The van der Waals surface area contributed by atoms with Crippen LogP contribution in [0.2, 0.25) is 0 Å². The molecule has 1 heterocycles. The Hall–Kier alpha value is -2.10. The van der Waals surface area contributed by atoms with Crippen LogP contribution in [0.3, 0.4) is 0 Å². The molecular formula is C12H12N2O2. The van der Waals surface area contributed by atoms with E-state index in [9.17, 15) is 4.79 Å². The maximum Gasteiger partial charge on any atom is 0.258 e. The molecule has 1 aromatic heterocycles. The summed E-state index contributed by atoms with van der Waals surface area (Å²) in [7, 11) is 1.62. The van der Waals surface area contributed by atoms with Crippen LogP contribution >= 0.6 is 0 Å². The van der Waals surface area contributed by atoms with Crippen molar-refractivity contribution < 1.29 is 4.74 Å². The molecule has 4 nitrogen and oxygen atoms in total. The molecule has 1 aromatic carbocycles. The van der Waals surface area contributed by atoms with E-state index < -0.39 is 0 Å². The van der Waals surface area contributed by atoms with Gasteiger partial charge in [-0.25, -0.2) is 4.98 Å². The van der Waals surface area contributed by atoms with E-state index in [0.717, 1.165) is 16.9 Å². The first-order valence-electron chi connectivity index (χ1n) is 4.90. The average Bonchev–Trinajstić information content (AvgIpc) is 2.30. The minimum absolute atomic E-state index is 0.136. The fraction of sp³-hybridized carbons (Fsp3) is 0.167. The molecule has 0 bridgehead atoms. The zero-order valence-corrected chi connectivity index (χ0v) is 9.15. The Morgan fingerprint density at radius 2 is 2.12 bits per heavy atom. The van der Waals surface area contributed by atoms with E-state index in [1.54, 1.807) is 13.3 Å². The largest absolute Gasteiger partial charge is 0.497 e. The average molecular weight is 216 g/mol. The fourth-order valence-corrected chi connectivity index (χ4v) is 1.60. The van der Waals surface area contributed by atoms with Crippen molar-refractivity contribution in [1.82, 2.24) is 9.97 Å². The Bertz CT molecular complexity index is 561. The van der Waals surface area contributed by atoms with Gasteiger partial charge in [0.2, 0.25) is 0 Å². The summed E-state index contributed by atoms with van der Waals surface area (Å²) in [5.74, 6) is 0.779. The molecule has 0 fully saturated rings. The van der Waals surface area contributed by atoms with Gasteiger partial charge in [-0.05, 0) is 30.2 Å². The van der Waals surface area contributed by atoms with Crippen molar-refractivity contribution in [2.75, 3.05) is 7.11 Å². The highest BCUT2D eigenvalue weighted by atomic mass is 16.5. The van der Waals surface area contributed by atoms with Gasteiger partial charge in [0, 0.05) is 6.20 Å². The number of aryl methyl sites for hydroxylation is 1. The second kappa shape index (κ2) is 4.18. The molecule has 0 aliphatic heterocycles. The molecule has 0 aliphatic rings. The number of hydrogen-bond donors (Lipinski definition) is 1. The number of aromatic nitrogens is 2. The lowest BCUT2D eigenvalue weighted by Gasteiger charge is -2.06. The van der Waals surface area contributed by atoms with Gasteiger partial charge in [-0.1, -0.05) is 6.07 Å². The van der Waals surface area contributed by atoms with E-state index in [-0.39, 0.29) is 5.56 Å². The molecule has 4 heteroatoms. The minimum Gasteiger partial charge on any atom is -0.497 e. The molecule has 0 amide bonds. The van der Waals surface area contributed by atoms with Gasteiger partial charge in [-0.3, -0.25) is 4.79 Å². The second-order valence-corrected chi connectivity index (χ2v) is 3.48. The number of H-pyrrole nitrogens is 1. The highest BCUT2D eigenvalue weighted by Gasteiger charge is 2.06. The maximum absolute atomic E-state index is 11.6. The SMILES string of the molecule is COc1ccc(-c2cnc[nH]c2=O)c(C)c1. The quantitative estimate of drug-likeness (QED) is 0.832. The molecule has 0 saturated carbocycles. The van der Waals surface area contributed by atoms with Crippen LogP contribution in [0.4, 0.5) is 0 Å². The zero-order chi connectivity index (χ0) is 11.5. The summed E-state index contributed by atoms with van der Waals surface area (Å²) in [6.07, 6.45) is 2.94. The maximum atomic E-state index is 11.6. The van der Waals surface area contributed by atoms with E-state index in [2.05, 4.69) is 9.97 Å². The molecule has 0 aliphatic carbocycles. The molecule has 16 heavy (non-hydrogen) atoms. The molecular weight excluding hydrogens is 204 g/mol. The van der Waals surface area contributed by atoms with Crippen molar-refractivity contribution >= 4 is 0 Å². The van der Waals surface area contributed by atoms with Gasteiger partial charge in [0.15, 0.2) is 0 Å². The lowest BCUT2D eigenvalue weighted by molar-refractivity contribution is 0.414. The summed E-state index contributed by atoms with van der Waals surface area (Å²) in [5.41, 5.74) is 2.29. The number of rotatable bonds is 2. The van der Waals surface area contributed by atoms with Crippen molar-refractivity contribution in [3.05, 3.63) is 46.6 Å². The third-order valence-electron chi connectivity index (χ3n) is 2.44. The summed E-state index contributed by atoms with van der Waals surface area (Å²) in [6.45, 7) is 1.93. The van der Waals surface area contributed by atoms with Gasteiger partial charge in [0.1, 0.15) is 5.75 Å². The van der Waals surface area contributed by atoms with Crippen LogP contribution in [0.15, 0.2) is 35.5 Å². The van der Waals surface area contributed by atoms with Crippen molar-refractivity contribution in [3.8, 4) is 16.9 Å². The summed E-state index contributed by atoms with van der Waals surface area (Å²) >= 11 is 0. The fourth-order valence-electron chi connectivity index (χ4n) is 1.60. The van der Waals surface area contributed by atoms with Gasteiger partial charge in [-0.15, -0.1) is 0 Å². The second-order valence-electron chi connectivity index (χ2n) is 3.48. The summed E-state index contributed by atoms with van der Waals surface area (Å²) in [6, 6.07) is 5.58. The lowest BCUT2D eigenvalue weighted by Crippen LogP contribution is -2.09. The Morgan fingerprint density at radius 1 is 1.31 bits per heavy atom. The van der Waals surface area contributed by atoms with Gasteiger partial charge in [0.05, 0.1) is 19.0 Å². The molecule has 0 saturated heterocycles. The first-order chi connectivity index (χ1) is 7.72.